The minimum atomic E-state index is -0.874. The fourth-order valence-electron chi connectivity index (χ4n) is 4.94. The first kappa shape index (κ1) is 18.0. The van der Waals surface area contributed by atoms with Gasteiger partial charge in [-0.3, -0.25) is 0 Å². The number of rotatable bonds is 3. The van der Waals surface area contributed by atoms with Crippen LogP contribution >= 0.6 is 0 Å². The number of carboxylic acids is 1. The molecule has 0 aromatic heterocycles. The first-order chi connectivity index (χ1) is 12.9. The molecule has 2 aromatic carbocycles. The molecule has 2 aliphatic carbocycles. The lowest BCUT2D eigenvalue weighted by Crippen LogP contribution is -2.40. The summed E-state index contributed by atoms with van der Waals surface area (Å²) in [4.78, 5) is 11.5. The first-order valence-electron chi connectivity index (χ1n) is 9.75. The molecule has 0 radical (unpaired) electrons. The van der Waals surface area contributed by atoms with Gasteiger partial charge in [0, 0.05) is 5.41 Å². The molecule has 0 heterocycles. The average Bonchev–Trinajstić information content (AvgIpc) is 2.78. The molecule has 4 rings (SSSR count). The van der Waals surface area contributed by atoms with Gasteiger partial charge in [-0.2, -0.15) is 0 Å². The predicted octanol–water partition coefficient (Wildman–Crippen LogP) is 4.67. The van der Waals surface area contributed by atoms with Crippen LogP contribution in [0.25, 0.3) is 0 Å². The summed E-state index contributed by atoms with van der Waals surface area (Å²) in [5.74, 6) is -0.874. The van der Waals surface area contributed by atoms with E-state index < -0.39 is 11.6 Å². The van der Waals surface area contributed by atoms with Crippen LogP contribution in [0.15, 0.2) is 60.2 Å². The predicted molar refractivity (Wildman–Crippen MR) is 106 cm³/mol. The molecule has 0 saturated carbocycles. The van der Waals surface area contributed by atoms with Gasteiger partial charge in [0.25, 0.3) is 0 Å². The molecule has 0 spiro atoms. The maximum absolute atomic E-state index is 11.5. The molecule has 0 amide bonds. The van der Waals surface area contributed by atoms with Gasteiger partial charge in [0.15, 0.2) is 0 Å². The van der Waals surface area contributed by atoms with E-state index in [1.807, 2.05) is 25.1 Å². The minimum Gasteiger partial charge on any atom is -0.478 e. The standard InChI is InChI=1S/C24H26O3/c1-23(27)12-13-24(15-17-6-3-2-4-7-17)20(16-23)9-5-8-18-14-19(22(25)26)10-11-21(18)24/h2-4,6-7,10-11,14,16,27H,5,8-9,12-13,15H2,1H3,(H,25,26)/t23-,24+/m0/s1. The van der Waals surface area contributed by atoms with Gasteiger partial charge in [-0.25, -0.2) is 4.79 Å². The van der Waals surface area contributed by atoms with Crippen LogP contribution in [0.5, 0.6) is 0 Å². The topological polar surface area (TPSA) is 57.5 Å². The molecule has 0 aliphatic heterocycles. The van der Waals surface area contributed by atoms with Crippen LogP contribution in [0.3, 0.4) is 0 Å². The molecule has 140 valence electrons. The van der Waals surface area contributed by atoms with E-state index in [4.69, 9.17) is 0 Å². The molecule has 3 heteroatoms. The highest BCUT2D eigenvalue weighted by Gasteiger charge is 2.44. The third-order valence-corrected chi connectivity index (χ3v) is 6.27. The van der Waals surface area contributed by atoms with Crippen molar-refractivity contribution in [1.82, 2.24) is 0 Å². The van der Waals surface area contributed by atoms with Crippen molar-refractivity contribution in [3.8, 4) is 0 Å². The van der Waals surface area contributed by atoms with Gasteiger partial charge < -0.3 is 10.2 Å². The molecule has 2 aliphatic rings. The number of aryl methyl sites for hydroxylation is 1. The Kier molecular flexibility index (Phi) is 4.43. The van der Waals surface area contributed by atoms with Crippen molar-refractivity contribution >= 4 is 5.97 Å². The van der Waals surface area contributed by atoms with Gasteiger partial charge in [0.2, 0.25) is 0 Å². The lowest BCUT2D eigenvalue weighted by atomic mass is 9.61. The summed E-state index contributed by atoms with van der Waals surface area (Å²) in [7, 11) is 0. The van der Waals surface area contributed by atoms with Gasteiger partial charge in [0.1, 0.15) is 0 Å². The molecule has 3 nitrogen and oxygen atoms in total. The molecule has 2 aromatic rings. The van der Waals surface area contributed by atoms with E-state index in [-0.39, 0.29) is 5.41 Å². The monoisotopic (exact) mass is 362 g/mol. The smallest absolute Gasteiger partial charge is 0.335 e. The number of hydrogen-bond donors (Lipinski definition) is 2. The van der Waals surface area contributed by atoms with E-state index in [2.05, 4.69) is 30.3 Å². The van der Waals surface area contributed by atoms with E-state index >= 15 is 0 Å². The van der Waals surface area contributed by atoms with E-state index in [0.29, 0.717) is 12.0 Å². The quantitative estimate of drug-likeness (QED) is 0.780. The van der Waals surface area contributed by atoms with E-state index in [0.717, 1.165) is 37.7 Å². The van der Waals surface area contributed by atoms with Crippen molar-refractivity contribution in [2.75, 3.05) is 0 Å². The fourth-order valence-corrected chi connectivity index (χ4v) is 4.94. The Labute approximate surface area is 160 Å². The number of aliphatic hydroxyl groups is 1. The molecule has 0 bridgehead atoms. The second-order valence-corrected chi connectivity index (χ2v) is 8.30. The first-order valence-corrected chi connectivity index (χ1v) is 9.75. The van der Waals surface area contributed by atoms with Crippen molar-refractivity contribution in [1.29, 1.82) is 0 Å². The second kappa shape index (κ2) is 6.65. The second-order valence-electron chi connectivity index (χ2n) is 8.30. The van der Waals surface area contributed by atoms with Crippen molar-refractivity contribution in [3.05, 3.63) is 82.4 Å². The normalized spacial score (nSPS) is 27.1. The summed E-state index contributed by atoms with van der Waals surface area (Å²) in [5, 5.41) is 20.1. The van der Waals surface area contributed by atoms with Crippen LogP contribution in [0.4, 0.5) is 0 Å². The SMILES string of the molecule is C[C@@]1(O)C=C2CCCc3cc(C(=O)O)ccc3[C@@]2(Cc2ccccc2)CC1. The van der Waals surface area contributed by atoms with Crippen molar-refractivity contribution < 1.29 is 15.0 Å². The van der Waals surface area contributed by atoms with Gasteiger partial charge in [-0.05, 0) is 74.3 Å². The lowest BCUT2D eigenvalue weighted by Gasteiger charge is -2.44. The molecule has 27 heavy (non-hydrogen) atoms. The Hall–Kier alpha value is -2.39. The Morgan fingerprint density at radius 1 is 1.07 bits per heavy atom. The third kappa shape index (κ3) is 3.32. The van der Waals surface area contributed by atoms with Gasteiger partial charge in [-0.15, -0.1) is 0 Å². The zero-order chi connectivity index (χ0) is 19.1. The van der Waals surface area contributed by atoms with Crippen LogP contribution in [0, 0.1) is 0 Å². The van der Waals surface area contributed by atoms with Crippen LogP contribution in [0.2, 0.25) is 0 Å². The lowest BCUT2D eigenvalue weighted by molar-refractivity contribution is 0.0696. The van der Waals surface area contributed by atoms with Crippen LogP contribution < -0.4 is 0 Å². The maximum Gasteiger partial charge on any atom is 0.335 e. The Bertz CT molecular complexity index is 895. The highest BCUT2D eigenvalue weighted by atomic mass is 16.4. The summed E-state index contributed by atoms with van der Waals surface area (Å²) in [6, 6.07) is 16.1. The maximum atomic E-state index is 11.5. The summed E-state index contributed by atoms with van der Waals surface area (Å²) < 4.78 is 0. The number of hydrogen-bond acceptors (Lipinski definition) is 2. The molecular weight excluding hydrogens is 336 g/mol. The van der Waals surface area contributed by atoms with Gasteiger partial charge >= 0.3 is 5.97 Å². The zero-order valence-electron chi connectivity index (χ0n) is 15.7. The summed E-state index contributed by atoms with van der Waals surface area (Å²) >= 11 is 0. The minimum absolute atomic E-state index is 0.160. The molecule has 2 N–H and O–H groups in total. The fraction of sp³-hybridized carbons (Fsp3) is 0.375. The molecule has 2 atom stereocenters. The largest absolute Gasteiger partial charge is 0.478 e. The Morgan fingerprint density at radius 3 is 2.59 bits per heavy atom. The number of aromatic carboxylic acids is 1. The summed E-state index contributed by atoms with van der Waals surface area (Å²) in [5.41, 5.74) is 4.42. The van der Waals surface area contributed by atoms with Crippen LogP contribution in [-0.2, 0) is 18.3 Å². The molecule has 0 fully saturated rings. The van der Waals surface area contributed by atoms with E-state index in [1.54, 1.807) is 6.07 Å². The number of allylic oxidation sites excluding steroid dienone is 1. The van der Waals surface area contributed by atoms with E-state index in [9.17, 15) is 15.0 Å². The molecule has 0 unspecified atom stereocenters. The Balaban J connectivity index is 1.90. The average molecular weight is 362 g/mol. The van der Waals surface area contributed by atoms with Gasteiger partial charge in [0.05, 0.1) is 11.2 Å². The number of carbonyl (C=O) groups is 1. The Morgan fingerprint density at radius 2 is 1.85 bits per heavy atom. The van der Waals surface area contributed by atoms with Crippen molar-refractivity contribution in [2.45, 2.75) is 56.5 Å². The third-order valence-electron chi connectivity index (χ3n) is 6.27. The number of benzene rings is 2. The highest BCUT2D eigenvalue weighted by molar-refractivity contribution is 5.88. The van der Waals surface area contributed by atoms with Crippen LogP contribution in [-0.4, -0.2) is 21.8 Å². The van der Waals surface area contributed by atoms with Crippen molar-refractivity contribution in [2.24, 2.45) is 0 Å². The molecule has 0 saturated heterocycles. The number of fused-ring (bicyclic) bond motifs is 3. The molecular formula is C24H26O3. The summed E-state index contributed by atoms with van der Waals surface area (Å²) in [6.07, 6.45) is 7.36. The van der Waals surface area contributed by atoms with Crippen LogP contribution in [0.1, 0.15) is 59.7 Å². The van der Waals surface area contributed by atoms with E-state index in [1.165, 1.54) is 16.7 Å². The van der Waals surface area contributed by atoms with Gasteiger partial charge in [-0.1, -0.05) is 48.0 Å². The van der Waals surface area contributed by atoms with Crippen molar-refractivity contribution in [3.63, 3.8) is 0 Å². The number of carboxylic acid groups (broad SMARTS) is 1. The highest BCUT2D eigenvalue weighted by Crippen LogP contribution is 2.50. The zero-order valence-corrected chi connectivity index (χ0v) is 15.7. The summed E-state index contributed by atoms with van der Waals surface area (Å²) in [6.45, 7) is 1.89.